The molecule has 0 spiro atoms. The van der Waals surface area contributed by atoms with Gasteiger partial charge in [0.2, 0.25) is 9.84 Å². The molecule has 0 bridgehead atoms. The Bertz CT molecular complexity index is 985. The van der Waals surface area contributed by atoms with Gasteiger partial charge in [-0.25, -0.2) is 17.6 Å². The molecule has 2 aromatic rings. The first-order valence-corrected chi connectivity index (χ1v) is 9.35. The predicted octanol–water partition coefficient (Wildman–Crippen LogP) is 2.50. The minimum Gasteiger partial charge on any atom is -0.486 e. The van der Waals surface area contributed by atoms with E-state index in [9.17, 15) is 17.6 Å². The number of rotatable bonds is 5. The van der Waals surface area contributed by atoms with E-state index in [2.05, 4.69) is 10.1 Å². The van der Waals surface area contributed by atoms with Crippen molar-refractivity contribution >= 4 is 21.5 Å². The Labute approximate surface area is 155 Å². The van der Waals surface area contributed by atoms with Crippen molar-refractivity contribution in [3.8, 4) is 11.5 Å². The molecule has 3 rings (SSSR count). The summed E-state index contributed by atoms with van der Waals surface area (Å²) in [5.74, 6) is -0.570. The summed E-state index contributed by atoms with van der Waals surface area (Å²) < 4.78 is 54.0. The summed E-state index contributed by atoms with van der Waals surface area (Å²) in [6.07, 6.45) is 1.02. The van der Waals surface area contributed by atoms with Crippen LogP contribution in [0, 0.1) is 5.82 Å². The van der Waals surface area contributed by atoms with Crippen LogP contribution in [0.25, 0.3) is 0 Å². The zero-order chi connectivity index (χ0) is 19.4. The van der Waals surface area contributed by atoms with E-state index < -0.39 is 26.5 Å². The van der Waals surface area contributed by atoms with Gasteiger partial charge in [-0.1, -0.05) is 0 Å². The molecule has 1 N–H and O–H groups in total. The Morgan fingerprint density at radius 1 is 1.11 bits per heavy atom. The molecule has 0 saturated carbocycles. The third-order valence-corrected chi connectivity index (χ3v) is 5.47. The third-order valence-electron chi connectivity index (χ3n) is 3.71. The Morgan fingerprint density at radius 3 is 2.44 bits per heavy atom. The molecule has 0 amide bonds. The SMILES string of the molecule is COC(=O)/C(=C\Nc1ccc2c(c1)OCCO2)S(=O)(=O)c1ccc(F)cc1. The van der Waals surface area contributed by atoms with Crippen LogP contribution in [0.2, 0.25) is 0 Å². The van der Waals surface area contributed by atoms with Crippen LogP contribution in [0.4, 0.5) is 10.1 Å². The molecule has 0 unspecified atom stereocenters. The molecule has 1 aliphatic heterocycles. The lowest BCUT2D eigenvalue weighted by atomic mass is 10.2. The van der Waals surface area contributed by atoms with Crippen molar-refractivity contribution in [2.75, 3.05) is 25.6 Å². The highest BCUT2D eigenvalue weighted by Crippen LogP contribution is 2.32. The van der Waals surface area contributed by atoms with Crippen LogP contribution in [0.5, 0.6) is 11.5 Å². The van der Waals surface area contributed by atoms with Crippen molar-refractivity contribution in [2.45, 2.75) is 4.90 Å². The largest absolute Gasteiger partial charge is 0.486 e. The van der Waals surface area contributed by atoms with Gasteiger partial charge in [-0.15, -0.1) is 0 Å². The molecule has 2 aromatic carbocycles. The number of carbonyl (C=O) groups excluding carboxylic acids is 1. The van der Waals surface area contributed by atoms with E-state index in [1.54, 1.807) is 18.2 Å². The molecule has 27 heavy (non-hydrogen) atoms. The highest BCUT2D eigenvalue weighted by atomic mass is 32.2. The van der Waals surface area contributed by atoms with Crippen LogP contribution >= 0.6 is 0 Å². The van der Waals surface area contributed by atoms with E-state index in [0.717, 1.165) is 37.6 Å². The molecule has 0 aliphatic carbocycles. The normalized spacial score (nSPS) is 13.8. The number of halogens is 1. The Kier molecular flexibility index (Phi) is 5.31. The number of esters is 1. The smallest absolute Gasteiger partial charge is 0.351 e. The van der Waals surface area contributed by atoms with E-state index in [-0.39, 0.29) is 4.90 Å². The van der Waals surface area contributed by atoms with Crippen molar-refractivity contribution in [3.05, 3.63) is 59.4 Å². The maximum Gasteiger partial charge on any atom is 0.351 e. The third kappa shape index (κ3) is 4.03. The number of hydrogen-bond acceptors (Lipinski definition) is 7. The topological polar surface area (TPSA) is 90.9 Å². The van der Waals surface area contributed by atoms with Gasteiger partial charge in [0.15, 0.2) is 16.4 Å². The van der Waals surface area contributed by atoms with Gasteiger partial charge in [0.1, 0.15) is 19.0 Å². The summed E-state index contributed by atoms with van der Waals surface area (Å²) in [5.41, 5.74) is 0.481. The molecule has 0 saturated heterocycles. The van der Waals surface area contributed by atoms with E-state index in [4.69, 9.17) is 9.47 Å². The van der Waals surface area contributed by atoms with E-state index >= 15 is 0 Å². The van der Waals surface area contributed by atoms with E-state index in [1.165, 1.54) is 0 Å². The first-order valence-electron chi connectivity index (χ1n) is 7.87. The summed E-state index contributed by atoms with van der Waals surface area (Å²) in [5, 5.41) is 2.75. The lowest BCUT2D eigenvalue weighted by Crippen LogP contribution is -2.17. The number of hydrogen-bond donors (Lipinski definition) is 1. The van der Waals surface area contributed by atoms with Crippen molar-refractivity contribution in [3.63, 3.8) is 0 Å². The molecular weight excluding hydrogens is 377 g/mol. The zero-order valence-corrected chi connectivity index (χ0v) is 15.1. The summed E-state index contributed by atoms with van der Waals surface area (Å²) in [7, 11) is -3.15. The van der Waals surface area contributed by atoms with E-state index in [0.29, 0.717) is 30.4 Å². The van der Waals surface area contributed by atoms with Gasteiger partial charge in [0.25, 0.3) is 0 Å². The standard InChI is InChI=1S/C18H16FNO6S/c1-24-18(21)17(27(22,23)14-5-2-12(19)3-6-14)11-20-13-4-7-15-16(10-13)26-9-8-25-15/h2-7,10-11,20H,8-9H2,1H3/b17-11+. The summed E-state index contributed by atoms with van der Waals surface area (Å²) in [6.45, 7) is 0.848. The summed E-state index contributed by atoms with van der Waals surface area (Å²) >= 11 is 0. The molecular formula is C18H16FNO6S. The number of benzene rings is 2. The first-order chi connectivity index (χ1) is 12.9. The Hall–Kier alpha value is -3.07. The number of methoxy groups -OCH3 is 1. The van der Waals surface area contributed by atoms with Crippen LogP contribution < -0.4 is 14.8 Å². The van der Waals surface area contributed by atoms with Crippen LogP contribution in [0.15, 0.2) is 58.5 Å². The summed E-state index contributed by atoms with van der Waals surface area (Å²) in [4.78, 5) is 11.2. The van der Waals surface area contributed by atoms with Gasteiger partial charge >= 0.3 is 5.97 Å². The van der Waals surface area contributed by atoms with Gasteiger partial charge in [0, 0.05) is 18.0 Å². The zero-order valence-electron chi connectivity index (χ0n) is 14.3. The second kappa shape index (κ2) is 7.67. The Morgan fingerprint density at radius 2 is 1.78 bits per heavy atom. The fourth-order valence-electron chi connectivity index (χ4n) is 2.37. The first kappa shape index (κ1) is 18.7. The lowest BCUT2D eigenvalue weighted by molar-refractivity contribution is -0.135. The average Bonchev–Trinajstić information content (AvgIpc) is 2.68. The van der Waals surface area contributed by atoms with Crippen molar-refractivity contribution in [1.82, 2.24) is 0 Å². The minimum absolute atomic E-state index is 0.232. The predicted molar refractivity (Wildman–Crippen MR) is 94.7 cm³/mol. The molecule has 0 fully saturated rings. The number of carbonyl (C=O) groups is 1. The van der Waals surface area contributed by atoms with Crippen molar-refractivity contribution in [1.29, 1.82) is 0 Å². The molecule has 9 heteroatoms. The van der Waals surface area contributed by atoms with Gasteiger partial charge in [-0.2, -0.15) is 0 Å². The molecule has 142 valence electrons. The highest BCUT2D eigenvalue weighted by molar-refractivity contribution is 7.96. The second-order valence-corrected chi connectivity index (χ2v) is 7.38. The number of fused-ring (bicyclic) bond motifs is 1. The Balaban J connectivity index is 1.93. The van der Waals surface area contributed by atoms with Crippen LogP contribution in [-0.2, 0) is 19.4 Å². The lowest BCUT2D eigenvalue weighted by Gasteiger charge is -2.18. The van der Waals surface area contributed by atoms with Crippen molar-refractivity contribution in [2.24, 2.45) is 0 Å². The van der Waals surface area contributed by atoms with E-state index in [1.807, 2.05) is 0 Å². The van der Waals surface area contributed by atoms with Gasteiger partial charge in [0.05, 0.1) is 12.0 Å². The van der Waals surface area contributed by atoms with Gasteiger partial charge < -0.3 is 19.5 Å². The average molecular weight is 393 g/mol. The molecule has 1 aliphatic rings. The fourth-order valence-corrected chi connectivity index (χ4v) is 3.63. The summed E-state index contributed by atoms with van der Waals surface area (Å²) in [6, 6.07) is 9.06. The monoisotopic (exact) mass is 393 g/mol. The van der Waals surface area contributed by atoms with Gasteiger partial charge in [-0.3, -0.25) is 0 Å². The minimum atomic E-state index is -4.22. The van der Waals surface area contributed by atoms with Crippen LogP contribution in [0.1, 0.15) is 0 Å². The number of sulfone groups is 1. The quantitative estimate of drug-likeness (QED) is 0.474. The second-order valence-electron chi connectivity index (χ2n) is 5.46. The molecule has 7 nitrogen and oxygen atoms in total. The molecule has 0 atom stereocenters. The maximum atomic E-state index is 13.1. The van der Waals surface area contributed by atoms with Gasteiger partial charge in [-0.05, 0) is 36.4 Å². The van der Waals surface area contributed by atoms with Crippen molar-refractivity contribution < 1.29 is 31.8 Å². The fraction of sp³-hybridized carbons (Fsp3) is 0.167. The number of nitrogens with one attached hydrogen (secondary N) is 1. The van der Waals surface area contributed by atoms with Crippen LogP contribution in [-0.4, -0.2) is 34.7 Å². The number of anilines is 1. The maximum absolute atomic E-state index is 13.1. The molecule has 0 aromatic heterocycles. The molecule has 1 heterocycles. The highest BCUT2D eigenvalue weighted by Gasteiger charge is 2.28. The number of ether oxygens (including phenoxy) is 3. The molecule has 0 radical (unpaired) electrons. The van der Waals surface area contributed by atoms with Crippen LogP contribution in [0.3, 0.4) is 0 Å².